The lowest BCUT2D eigenvalue weighted by molar-refractivity contribution is -0.158. The second-order valence-electron chi connectivity index (χ2n) is 8.50. The Hall–Kier alpha value is -3.62. The van der Waals surface area contributed by atoms with E-state index in [0.717, 1.165) is 11.1 Å². The molecule has 2 bridgehead atoms. The first kappa shape index (κ1) is 21.9. The minimum Gasteiger partial charge on any atom is -0.469 e. The van der Waals surface area contributed by atoms with E-state index >= 15 is 0 Å². The Morgan fingerprint density at radius 1 is 1.17 bits per heavy atom. The van der Waals surface area contributed by atoms with Crippen LogP contribution in [0, 0.1) is 5.92 Å². The molecular weight excluding hydrogens is 488 g/mol. The number of nitrogens with zero attached hydrogens (tertiary/aromatic N) is 2. The van der Waals surface area contributed by atoms with E-state index in [1.54, 1.807) is 29.7 Å². The van der Waals surface area contributed by atoms with Crippen molar-refractivity contribution in [2.45, 2.75) is 18.7 Å². The quantitative estimate of drug-likeness (QED) is 0.395. The number of benzene rings is 2. The van der Waals surface area contributed by atoms with Crippen LogP contribution in [0.25, 0.3) is 17.4 Å². The second-order valence-corrected chi connectivity index (χ2v) is 9.92. The third kappa shape index (κ3) is 3.36. The lowest BCUT2D eigenvalue weighted by Crippen LogP contribution is -2.58. The molecule has 2 aromatic carbocycles. The van der Waals surface area contributed by atoms with Crippen LogP contribution in [0.5, 0.6) is 5.75 Å². The van der Waals surface area contributed by atoms with Gasteiger partial charge in [-0.2, -0.15) is 0 Å². The summed E-state index contributed by atoms with van der Waals surface area (Å²) in [6.45, 7) is 1.75. The number of hydrogen-bond acceptors (Lipinski definition) is 7. The largest absolute Gasteiger partial charge is 0.469 e. The number of hydrogen-bond donors (Lipinski definition) is 0. The van der Waals surface area contributed by atoms with Gasteiger partial charge in [0.25, 0.3) is 5.56 Å². The molecule has 9 heteroatoms. The van der Waals surface area contributed by atoms with E-state index in [9.17, 15) is 9.59 Å². The van der Waals surface area contributed by atoms with E-state index in [1.165, 1.54) is 18.4 Å². The third-order valence-corrected chi connectivity index (χ3v) is 7.69. The average molecular weight is 507 g/mol. The zero-order chi connectivity index (χ0) is 24.3. The highest BCUT2D eigenvalue weighted by molar-refractivity contribution is 7.07. The minimum atomic E-state index is -1.21. The van der Waals surface area contributed by atoms with Gasteiger partial charge in [0.2, 0.25) is 5.72 Å². The van der Waals surface area contributed by atoms with Crippen molar-refractivity contribution in [3.8, 4) is 17.1 Å². The molecule has 4 aromatic rings. The van der Waals surface area contributed by atoms with Gasteiger partial charge >= 0.3 is 5.97 Å². The number of carbonyl (C=O) groups is 1. The van der Waals surface area contributed by atoms with Gasteiger partial charge in [0, 0.05) is 17.2 Å². The molecule has 3 atom stereocenters. The Kier molecular flexibility index (Phi) is 4.98. The molecule has 0 saturated carbocycles. The van der Waals surface area contributed by atoms with Gasteiger partial charge in [-0.05, 0) is 37.3 Å². The van der Waals surface area contributed by atoms with Crippen molar-refractivity contribution in [1.82, 2.24) is 4.57 Å². The summed E-state index contributed by atoms with van der Waals surface area (Å²) < 4.78 is 19.3. The van der Waals surface area contributed by atoms with Crippen molar-refractivity contribution in [3.05, 3.63) is 96.7 Å². The van der Waals surface area contributed by atoms with E-state index < -0.39 is 23.7 Å². The minimum absolute atomic E-state index is 0.262. The molecule has 2 aliphatic heterocycles. The van der Waals surface area contributed by atoms with Crippen LogP contribution >= 0.6 is 22.9 Å². The summed E-state index contributed by atoms with van der Waals surface area (Å²) in [5.74, 6) is 0.399. The molecule has 2 aliphatic rings. The molecule has 0 N–H and O–H groups in total. The molecular formula is C26H19ClN2O5S. The summed E-state index contributed by atoms with van der Waals surface area (Å²) >= 11 is 7.52. The number of aromatic nitrogens is 1. The number of para-hydroxylation sites is 1. The molecule has 6 rings (SSSR count). The average Bonchev–Trinajstić information content (AvgIpc) is 3.42. The number of thiazole rings is 1. The summed E-state index contributed by atoms with van der Waals surface area (Å²) in [5.41, 5.74) is 0.0364. The van der Waals surface area contributed by atoms with Gasteiger partial charge in [-0.1, -0.05) is 53.3 Å². The topological polar surface area (TPSA) is 83.0 Å². The van der Waals surface area contributed by atoms with Gasteiger partial charge in [0.05, 0.1) is 22.7 Å². The van der Waals surface area contributed by atoms with E-state index in [2.05, 4.69) is 0 Å². The highest BCUT2D eigenvalue weighted by atomic mass is 35.5. The fourth-order valence-corrected chi connectivity index (χ4v) is 6.10. The maximum absolute atomic E-state index is 13.6. The predicted octanol–water partition coefficient (Wildman–Crippen LogP) is 3.77. The van der Waals surface area contributed by atoms with Crippen LogP contribution in [0.4, 0.5) is 0 Å². The molecule has 0 amide bonds. The summed E-state index contributed by atoms with van der Waals surface area (Å²) in [6, 6.07) is 17.8. The molecule has 0 aliphatic carbocycles. The number of carbonyl (C=O) groups excluding carboxylic acids is 1. The van der Waals surface area contributed by atoms with Crippen molar-refractivity contribution in [2.24, 2.45) is 10.9 Å². The van der Waals surface area contributed by atoms with Crippen LogP contribution in [0.3, 0.4) is 0 Å². The summed E-state index contributed by atoms with van der Waals surface area (Å²) in [4.78, 5) is 31.7. The first-order valence-electron chi connectivity index (χ1n) is 10.9. The van der Waals surface area contributed by atoms with Crippen molar-refractivity contribution < 1.29 is 18.7 Å². The Bertz CT molecular complexity index is 1670. The SMILES string of the molecule is COC(=O)C1C2c3ccccc3O[C@]1(C)N=c1sc(=Cc3ccc(-c4ccccc4Cl)o3)c(=O)n12. The molecule has 2 unspecified atom stereocenters. The van der Waals surface area contributed by atoms with Gasteiger partial charge in [0.1, 0.15) is 23.2 Å². The molecule has 0 spiro atoms. The number of rotatable bonds is 3. The van der Waals surface area contributed by atoms with Crippen LogP contribution in [0.1, 0.15) is 24.3 Å². The van der Waals surface area contributed by atoms with Gasteiger partial charge in [-0.3, -0.25) is 14.2 Å². The van der Waals surface area contributed by atoms with Crippen LogP contribution in [-0.4, -0.2) is 23.4 Å². The Morgan fingerprint density at radius 3 is 2.74 bits per heavy atom. The van der Waals surface area contributed by atoms with Crippen molar-refractivity contribution >= 4 is 35.0 Å². The standard InChI is InChI=1S/C26H19ClN2O5S/c1-26-21(24(31)32-2)22(16-8-4-6-10-19(16)34-26)29-23(30)20(35-25(29)28-26)13-14-11-12-18(33-14)15-7-3-5-9-17(15)27/h3-13,21-22H,1-2H3/t21?,22?,26-/m0/s1. The van der Waals surface area contributed by atoms with Crippen LogP contribution in [-0.2, 0) is 9.53 Å². The number of furan rings is 1. The Labute approximate surface area is 208 Å². The summed E-state index contributed by atoms with van der Waals surface area (Å²) in [7, 11) is 1.33. The number of esters is 1. The van der Waals surface area contributed by atoms with Crippen LogP contribution in [0.15, 0.2) is 74.9 Å². The summed E-state index contributed by atoms with van der Waals surface area (Å²) in [6.07, 6.45) is 1.68. The van der Waals surface area contributed by atoms with E-state index in [1.807, 2.05) is 48.5 Å². The number of fused-ring (bicyclic) bond motifs is 6. The molecule has 35 heavy (non-hydrogen) atoms. The van der Waals surface area contributed by atoms with Crippen LogP contribution in [0.2, 0.25) is 5.02 Å². The van der Waals surface area contributed by atoms with Crippen molar-refractivity contribution in [3.63, 3.8) is 0 Å². The molecule has 0 radical (unpaired) electrons. The second kappa shape index (κ2) is 7.96. The summed E-state index contributed by atoms with van der Waals surface area (Å²) in [5, 5.41) is 0.576. The molecule has 7 nitrogen and oxygen atoms in total. The molecule has 0 saturated heterocycles. The van der Waals surface area contributed by atoms with Gasteiger partial charge in [-0.25, -0.2) is 4.99 Å². The van der Waals surface area contributed by atoms with Gasteiger partial charge in [-0.15, -0.1) is 0 Å². The third-order valence-electron chi connectivity index (χ3n) is 6.37. The molecule has 176 valence electrons. The lowest BCUT2D eigenvalue weighted by Gasteiger charge is -2.44. The van der Waals surface area contributed by atoms with E-state index in [-0.39, 0.29) is 5.56 Å². The number of methoxy groups -OCH3 is 1. The van der Waals surface area contributed by atoms with Crippen molar-refractivity contribution in [2.75, 3.05) is 7.11 Å². The molecule has 0 fully saturated rings. The van der Waals surface area contributed by atoms with Gasteiger partial charge < -0.3 is 13.9 Å². The predicted molar refractivity (Wildman–Crippen MR) is 131 cm³/mol. The fourth-order valence-electron chi connectivity index (χ4n) is 4.80. The Morgan fingerprint density at radius 2 is 1.94 bits per heavy atom. The molecule has 4 heterocycles. The zero-order valence-corrected chi connectivity index (χ0v) is 20.3. The maximum Gasteiger partial charge on any atom is 0.317 e. The fraction of sp³-hybridized carbons (Fsp3) is 0.192. The van der Waals surface area contributed by atoms with Crippen LogP contribution < -0.4 is 19.6 Å². The smallest absolute Gasteiger partial charge is 0.317 e. The highest BCUT2D eigenvalue weighted by Crippen LogP contribution is 2.47. The highest BCUT2D eigenvalue weighted by Gasteiger charge is 2.55. The monoisotopic (exact) mass is 506 g/mol. The van der Waals surface area contributed by atoms with Crippen molar-refractivity contribution in [1.29, 1.82) is 0 Å². The van der Waals surface area contributed by atoms with E-state index in [4.69, 9.17) is 30.5 Å². The molecule has 2 aromatic heterocycles. The normalized spacial score (nSPS) is 22.5. The number of halogens is 1. The first-order chi connectivity index (χ1) is 16.9. The first-order valence-corrected chi connectivity index (χ1v) is 12.1. The maximum atomic E-state index is 13.6. The lowest BCUT2D eigenvalue weighted by atomic mass is 9.81. The van der Waals surface area contributed by atoms with E-state index in [0.29, 0.717) is 31.6 Å². The number of ether oxygens (including phenoxy) is 2. The Balaban J connectivity index is 1.52. The zero-order valence-electron chi connectivity index (χ0n) is 18.7. The van der Waals surface area contributed by atoms with Gasteiger partial charge in [0.15, 0.2) is 4.80 Å².